The molecule has 8 nitrogen and oxygen atoms in total. The monoisotopic (exact) mass is 443 g/mol. The molecule has 3 rings (SSSR count). The van der Waals surface area contributed by atoms with Gasteiger partial charge in [0, 0.05) is 36.7 Å². The lowest BCUT2D eigenvalue weighted by atomic mass is 10.2. The molecule has 0 aliphatic carbocycles. The summed E-state index contributed by atoms with van der Waals surface area (Å²) in [5.74, 6) is 3.26. The molecule has 0 fully saturated rings. The Kier molecular flexibility index (Phi) is 8.12. The molecular weight excluding hydrogens is 418 g/mol. The zero-order chi connectivity index (χ0) is 22.1. The fourth-order valence-electron chi connectivity index (χ4n) is 2.77. The summed E-state index contributed by atoms with van der Waals surface area (Å²) in [6, 6.07) is 14.8. The Morgan fingerprint density at radius 1 is 1.16 bits per heavy atom. The van der Waals surface area contributed by atoms with Crippen molar-refractivity contribution in [2.75, 3.05) is 27.2 Å². The van der Waals surface area contributed by atoms with Crippen molar-refractivity contribution in [3.63, 3.8) is 0 Å². The van der Waals surface area contributed by atoms with E-state index in [-0.39, 0.29) is 6.10 Å². The molecule has 0 radical (unpaired) electrons. The average molecular weight is 444 g/mol. The Morgan fingerprint density at radius 2 is 1.94 bits per heavy atom. The predicted octanol–water partition coefficient (Wildman–Crippen LogP) is 3.57. The van der Waals surface area contributed by atoms with E-state index in [1.54, 1.807) is 26.3 Å². The van der Waals surface area contributed by atoms with Gasteiger partial charge in [-0.25, -0.2) is 0 Å². The van der Waals surface area contributed by atoms with E-state index in [0.29, 0.717) is 42.2 Å². The van der Waals surface area contributed by atoms with E-state index < -0.39 is 0 Å². The van der Waals surface area contributed by atoms with Gasteiger partial charge in [-0.1, -0.05) is 22.8 Å². The highest BCUT2D eigenvalue weighted by Crippen LogP contribution is 2.20. The van der Waals surface area contributed by atoms with E-state index in [1.807, 2.05) is 43.3 Å². The minimum absolute atomic E-state index is 0.0662. The summed E-state index contributed by atoms with van der Waals surface area (Å²) in [5.41, 5.74) is 0.856. The first-order valence-electron chi connectivity index (χ1n) is 9.91. The SMILES string of the molecule is CN=C(NCCc1nc(-c2ccc(Cl)cc2)no1)NCC(C)Oc1cccc(OC)c1. The normalized spacial score (nSPS) is 12.3. The number of aliphatic imine (C=N–C) groups is 1. The van der Waals surface area contributed by atoms with Crippen LogP contribution >= 0.6 is 11.6 Å². The van der Waals surface area contributed by atoms with E-state index in [2.05, 4.69) is 25.8 Å². The molecule has 0 aliphatic heterocycles. The summed E-state index contributed by atoms with van der Waals surface area (Å²) in [6.07, 6.45) is 0.500. The van der Waals surface area contributed by atoms with Crippen LogP contribution in [0.5, 0.6) is 11.5 Å². The molecule has 0 aliphatic rings. The summed E-state index contributed by atoms with van der Waals surface area (Å²) in [7, 11) is 3.35. The zero-order valence-electron chi connectivity index (χ0n) is 17.8. The van der Waals surface area contributed by atoms with Crippen LogP contribution in [0.2, 0.25) is 5.02 Å². The molecule has 0 saturated heterocycles. The van der Waals surface area contributed by atoms with Crippen molar-refractivity contribution in [3.8, 4) is 22.9 Å². The molecular formula is C22H26ClN5O3. The number of guanidine groups is 1. The van der Waals surface area contributed by atoms with Crippen LogP contribution in [0.25, 0.3) is 11.4 Å². The first-order valence-corrected chi connectivity index (χ1v) is 10.3. The lowest BCUT2D eigenvalue weighted by Crippen LogP contribution is -2.42. The summed E-state index contributed by atoms with van der Waals surface area (Å²) < 4.78 is 16.5. The first kappa shape index (κ1) is 22.4. The van der Waals surface area contributed by atoms with Crippen LogP contribution in [0.3, 0.4) is 0 Å². The highest BCUT2D eigenvalue weighted by molar-refractivity contribution is 6.30. The lowest BCUT2D eigenvalue weighted by Gasteiger charge is -2.18. The standard InChI is InChI=1S/C22H26ClN5O3/c1-15(30-19-6-4-5-18(13-19)29-3)14-26-22(24-2)25-12-11-20-27-21(28-31-20)16-7-9-17(23)10-8-16/h4-10,13,15H,11-12,14H2,1-3H3,(H2,24,25,26). The summed E-state index contributed by atoms with van der Waals surface area (Å²) in [6.45, 7) is 3.15. The zero-order valence-corrected chi connectivity index (χ0v) is 18.5. The number of nitrogens with zero attached hydrogens (tertiary/aromatic N) is 3. The van der Waals surface area contributed by atoms with Crippen LogP contribution in [0.15, 0.2) is 58.0 Å². The Hall–Kier alpha value is -3.26. The molecule has 0 saturated carbocycles. The number of hydrogen-bond acceptors (Lipinski definition) is 6. The topological polar surface area (TPSA) is 93.8 Å². The van der Waals surface area contributed by atoms with Gasteiger partial charge in [0.15, 0.2) is 5.96 Å². The number of ether oxygens (including phenoxy) is 2. The largest absolute Gasteiger partial charge is 0.497 e. The van der Waals surface area contributed by atoms with Gasteiger partial charge in [0.25, 0.3) is 0 Å². The third-order valence-electron chi connectivity index (χ3n) is 4.36. The van der Waals surface area contributed by atoms with E-state index in [9.17, 15) is 0 Å². The third-order valence-corrected chi connectivity index (χ3v) is 4.61. The molecule has 9 heteroatoms. The molecule has 2 aromatic carbocycles. The van der Waals surface area contributed by atoms with Gasteiger partial charge in [-0.15, -0.1) is 0 Å². The van der Waals surface area contributed by atoms with Gasteiger partial charge < -0.3 is 24.6 Å². The van der Waals surface area contributed by atoms with Crippen molar-refractivity contribution in [2.45, 2.75) is 19.4 Å². The summed E-state index contributed by atoms with van der Waals surface area (Å²) in [4.78, 5) is 8.64. The summed E-state index contributed by atoms with van der Waals surface area (Å²) in [5, 5.41) is 11.2. The molecule has 31 heavy (non-hydrogen) atoms. The number of hydrogen-bond donors (Lipinski definition) is 2. The van der Waals surface area contributed by atoms with Crippen LogP contribution in [-0.4, -0.2) is 49.5 Å². The molecule has 3 aromatic rings. The van der Waals surface area contributed by atoms with Crippen LogP contribution in [0.1, 0.15) is 12.8 Å². The molecule has 164 valence electrons. The number of aromatic nitrogens is 2. The molecule has 1 aromatic heterocycles. The first-order chi connectivity index (χ1) is 15.1. The highest BCUT2D eigenvalue weighted by atomic mass is 35.5. The third kappa shape index (κ3) is 6.89. The second-order valence-corrected chi connectivity index (χ2v) is 7.19. The minimum atomic E-state index is -0.0662. The van der Waals surface area contributed by atoms with Gasteiger partial charge in [-0.3, -0.25) is 4.99 Å². The van der Waals surface area contributed by atoms with Gasteiger partial charge in [-0.2, -0.15) is 4.98 Å². The van der Waals surface area contributed by atoms with Crippen LogP contribution in [-0.2, 0) is 6.42 Å². The Bertz CT molecular complexity index is 991. The molecule has 0 bridgehead atoms. The van der Waals surface area contributed by atoms with E-state index >= 15 is 0 Å². The van der Waals surface area contributed by atoms with E-state index in [4.69, 9.17) is 25.6 Å². The molecule has 0 spiro atoms. The summed E-state index contributed by atoms with van der Waals surface area (Å²) >= 11 is 5.91. The van der Waals surface area contributed by atoms with Gasteiger partial charge >= 0.3 is 0 Å². The maximum atomic E-state index is 5.91. The van der Waals surface area contributed by atoms with Gasteiger partial charge in [0.1, 0.15) is 17.6 Å². The fourth-order valence-corrected chi connectivity index (χ4v) is 2.90. The molecule has 2 N–H and O–H groups in total. The predicted molar refractivity (Wildman–Crippen MR) is 121 cm³/mol. The smallest absolute Gasteiger partial charge is 0.228 e. The van der Waals surface area contributed by atoms with Crippen molar-refractivity contribution >= 4 is 17.6 Å². The maximum absolute atomic E-state index is 5.91. The fraction of sp³-hybridized carbons (Fsp3) is 0.318. The Balaban J connectivity index is 1.42. The number of halogens is 1. The quantitative estimate of drug-likeness (QED) is 0.385. The van der Waals surface area contributed by atoms with Crippen molar-refractivity contribution in [1.82, 2.24) is 20.8 Å². The van der Waals surface area contributed by atoms with Crippen molar-refractivity contribution < 1.29 is 14.0 Å². The van der Waals surface area contributed by atoms with Crippen LogP contribution in [0.4, 0.5) is 0 Å². The molecule has 1 unspecified atom stereocenters. The minimum Gasteiger partial charge on any atom is -0.497 e. The molecule has 1 atom stereocenters. The lowest BCUT2D eigenvalue weighted by molar-refractivity contribution is 0.223. The highest BCUT2D eigenvalue weighted by Gasteiger charge is 2.10. The van der Waals surface area contributed by atoms with Gasteiger partial charge in [0.05, 0.1) is 13.7 Å². The molecule has 1 heterocycles. The average Bonchev–Trinajstić information content (AvgIpc) is 3.25. The van der Waals surface area contributed by atoms with Gasteiger partial charge in [0.2, 0.25) is 11.7 Å². The second-order valence-electron chi connectivity index (χ2n) is 6.76. The van der Waals surface area contributed by atoms with E-state index in [0.717, 1.165) is 17.1 Å². The van der Waals surface area contributed by atoms with Crippen LogP contribution in [0, 0.1) is 0 Å². The van der Waals surface area contributed by atoms with Crippen molar-refractivity contribution in [3.05, 3.63) is 59.4 Å². The van der Waals surface area contributed by atoms with Gasteiger partial charge in [-0.05, 0) is 43.3 Å². The number of nitrogens with one attached hydrogen (secondary N) is 2. The Morgan fingerprint density at radius 3 is 2.68 bits per heavy atom. The van der Waals surface area contributed by atoms with E-state index in [1.165, 1.54) is 0 Å². The van der Waals surface area contributed by atoms with Crippen LogP contribution < -0.4 is 20.1 Å². The maximum Gasteiger partial charge on any atom is 0.228 e. The number of rotatable bonds is 9. The van der Waals surface area contributed by atoms with Crippen molar-refractivity contribution in [1.29, 1.82) is 0 Å². The Labute approximate surface area is 186 Å². The number of methoxy groups -OCH3 is 1. The number of benzene rings is 2. The second kappa shape index (κ2) is 11.2. The molecule has 0 amide bonds. The van der Waals surface area contributed by atoms with Crippen molar-refractivity contribution in [2.24, 2.45) is 4.99 Å².